The van der Waals surface area contributed by atoms with Crippen LogP contribution in [0.4, 0.5) is 0 Å². The highest BCUT2D eigenvalue weighted by Gasteiger charge is 2.14. The van der Waals surface area contributed by atoms with Gasteiger partial charge in [-0.2, -0.15) is 0 Å². The van der Waals surface area contributed by atoms with Crippen LogP contribution >= 0.6 is 0 Å². The van der Waals surface area contributed by atoms with E-state index in [0.717, 1.165) is 59.3 Å². The van der Waals surface area contributed by atoms with E-state index >= 15 is 0 Å². The van der Waals surface area contributed by atoms with Crippen LogP contribution in [0.1, 0.15) is 165 Å². The first-order valence-corrected chi connectivity index (χ1v) is 19.0. The van der Waals surface area contributed by atoms with Crippen LogP contribution in [0.2, 0.25) is 0 Å². The van der Waals surface area contributed by atoms with Crippen LogP contribution in [0, 0.1) is 5.92 Å². The molecule has 0 heterocycles. The van der Waals surface area contributed by atoms with Crippen molar-refractivity contribution in [3.63, 3.8) is 0 Å². The first kappa shape index (κ1) is 37.6. The third-order valence-corrected chi connectivity index (χ3v) is 9.38. The molecule has 46 heavy (non-hydrogen) atoms. The maximum atomic E-state index is 12.8. The summed E-state index contributed by atoms with van der Waals surface area (Å²) < 4.78 is 12.2. The Labute approximate surface area is 281 Å². The molecule has 3 nitrogen and oxygen atoms in total. The van der Waals surface area contributed by atoms with Gasteiger partial charge < -0.3 is 9.47 Å². The summed E-state index contributed by atoms with van der Waals surface area (Å²) in [6, 6.07) is 20.5. The second-order valence-electron chi connectivity index (χ2n) is 13.6. The summed E-state index contributed by atoms with van der Waals surface area (Å²) in [4.78, 5) is 12.8. The van der Waals surface area contributed by atoms with Gasteiger partial charge in [-0.3, -0.25) is 4.79 Å². The molecule has 0 saturated heterocycles. The molecule has 0 N–H and O–H groups in total. The normalized spacial score (nSPS) is 12.0. The Hall–Kier alpha value is -2.81. The summed E-state index contributed by atoms with van der Waals surface area (Å²) in [6.45, 7) is 7.83. The highest BCUT2D eigenvalue weighted by atomic mass is 16.5. The Morgan fingerprint density at radius 3 is 1.52 bits per heavy atom. The average molecular weight is 629 g/mol. The fourth-order valence-corrected chi connectivity index (χ4v) is 6.27. The van der Waals surface area contributed by atoms with E-state index in [9.17, 15) is 4.79 Å². The molecule has 0 unspecified atom stereocenters. The van der Waals surface area contributed by atoms with E-state index in [0.29, 0.717) is 6.61 Å². The number of benzene rings is 3. The number of carbonyl (C=O) groups is 1. The largest absolute Gasteiger partial charge is 0.494 e. The van der Waals surface area contributed by atoms with Gasteiger partial charge in [0.1, 0.15) is 18.1 Å². The molecule has 0 bridgehead atoms. The van der Waals surface area contributed by atoms with Crippen molar-refractivity contribution >= 4 is 16.6 Å². The number of fused-ring (bicyclic) bond motifs is 1. The summed E-state index contributed by atoms with van der Waals surface area (Å²) in [5, 5.41) is 2.30. The van der Waals surface area contributed by atoms with Crippen LogP contribution in [-0.4, -0.2) is 12.4 Å². The van der Waals surface area contributed by atoms with Crippen molar-refractivity contribution in [2.45, 2.75) is 156 Å². The van der Waals surface area contributed by atoms with E-state index in [-0.39, 0.29) is 11.7 Å². The summed E-state index contributed by atoms with van der Waals surface area (Å²) in [7, 11) is 0. The average Bonchev–Trinajstić information content (AvgIpc) is 3.08. The summed E-state index contributed by atoms with van der Waals surface area (Å²) >= 11 is 0. The van der Waals surface area contributed by atoms with Gasteiger partial charge in [-0.1, -0.05) is 173 Å². The van der Waals surface area contributed by atoms with Crippen molar-refractivity contribution in [3.05, 3.63) is 71.8 Å². The van der Waals surface area contributed by atoms with E-state index in [1.807, 2.05) is 30.3 Å². The first-order chi connectivity index (χ1) is 22.6. The van der Waals surface area contributed by atoms with Crippen LogP contribution < -0.4 is 9.47 Å². The molecule has 0 aliphatic rings. The number of Topliss-reactive ketones (excluding diaryl/α,β-unsaturated/α-hetero) is 1. The Morgan fingerprint density at radius 2 is 1.00 bits per heavy atom. The molecule has 0 radical (unpaired) electrons. The van der Waals surface area contributed by atoms with Crippen LogP contribution in [0.5, 0.6) is 11.5 Å². The molecule has 0 aromatic heterocycles. The number of carbonyl (C=O) groups excluding carboxylic acids is 1. The molecule has 254 valence electrons. The fraction of sp³-hybridized carbons (Fsp3) is 0.605. The standard InChI is InChI=1S/C43H64O3/c1-4-6-8-10-11-12-13-14-15-16-17-18-19-20-22-32-45-41-30-28-40-34-42(31-29-39(40)33-41)46-35-37-24-26-38(27-25-37)43(44)36(3)23-21-9-7-5-2/h24-31,33-34,36H,4-23,32,35H2,1-3H3/t36-/m1/s1. The fourth-order valence-electron chi connectivity index (χ4n) is 6.27. The van der Waals surface area contributed by atoms with Crippen molar-refractivity contribution in [1.82, 2.24) is 0 Å². The molecule has 0 fully saturated rings. The number of ether oxygens (including phenoxy) is 2. The van der Waals surface area contributed by atoms with E-state index in [1.54, 1.807) is 0 Å². The second-order valence-corrected chi connectivity index (χ2v) is 13.6. The van der Waals surface area contributed by atoms with Crippen LogP contribution in [0.25, 0.3) is 10.8 Å². The van der Waals surface area contributed by atoms with Gasteiger partial charge in [-0.25, -0.2) is 0 Å². The van der Waals surface area contributed by atoms with Gasteiger partial charge in [0.25, 0.3) is 0 Å². The molecule has 0 aliphatic heterocycles. The lowest BCUT2D eigenvalue weighted by Gasteiger charge is -2.12. The molecule has 3 aromatic carbocycles. The zero-order chi connectivity index (χ0) is 32.7. The maximum absolute atomic E-state index is 12.8. The van der Waals surface area contributed by atoms with E-state index in [2.05, 4.69) is 51.1 Å². The molecule has 3 aromatic rings. The van der Waals surface area contributed by atoms with Gasteiger partial charge >= 0.3 is 0 Å². The Kier molecular flexibility index (Phi) is 19.2. The molecular weight excluding hydrogens is 564 g/mol. The van der Waals surface area contributed by atoms with E-state index < -0.39 is 0 Å². The van der Waals surface area contributed by atoms with Crippen molar-refractivity contribution in [1.29, 1.82) is 0 Å². The summed E-state index contributed by atoms with van der Waals surface area (Å²) in [5.41, 5.74) is 1.87. The SMILES string of the molecule is CCCCCCCCCCCCCCCCCOc1ccc2cc(OCc3ccc(C(=O)[C@H](C)CCCCCC)cc3)ccc2c1. The molecule has 0 saturated carbocycles. The Morgan fingerprint density at radius 1 is 0.543 bits per heavy atom. The molecular formula is C43H64O3. The molecule has 3 heteroatoms. The molecule has 1 atom stereocenters. The molecule has 0 amide bonds. The molecule has 3 rings (SSSR count). The zero-order valence-corrected chi connectivity index (χ0v) is 29.6. The number of hydrogen-bond acceptors (Lipinski definition) is 3. The topological polar surface area (TPSA) is 35.5 Å². The zero-order valence-electron chi connectivity index (χ0n) is 29.6. The predicted molar refractivity (Wildman–Crippen MR) is 197 cm³/mol. The number of ketones is 1. The summed E-state index contributed by atoms with van der Waals surface area (Å²) in [6.07, 6.45) is 26.4. The molecule has 0 aliphatic carbocycles. The minimum atomic E-state index is 0.0800. The van der Waals surface area contributed by atoms with Gasteiger partial charge in [-0.15, -0.1) is 0 Å². The monoisotopic (exact) mass is 628 g/mol. The Bertz CT molecular complexity index is 1210. The maximum Gasteiger partial charge on any atom is 0.165 e. The second kappa shape index (κ2) is 23.5. The highest BCUT2D eigenvalue weighted by molar-refractivity contribution is 5.97. The third kappa shape index (κ3) is 15.2. The molecule has 0 spiro atoms. The van der Waals surface area contributed by atoms with Crippen molar-refractivity contribution in [2.24, 2.45) is 5.92 Å². The third-order valence-electron chi connectivity index (χ3n) is 9.38. The minimum absolute atomic E-state index is 0.0800. The first-order valence-electron chi connectivity index (χ1n) is 19.0. The van der Waals surface area contributed by atoms with Gasteiger partial charge in [-0.05, 0) is 53.4 Å². The van der Waals surface area contributed by atoms with Crippen LogP contribution in [-0.2, 0) is 6.61 Å². The quantitative estimate of drug-likeness (QED) is 0.0622. The van der Waals surface area contributed by atoms with E-state index in [4.69, 9.17) is 9.47 Å². The highest BCUT2D eigenvalue weighted by Crippen LogP contribution is 2.26. The predicted octanol–water partition coefficient (Wildman–Crippen LogP) is 13.5. The lowest BCUT2D eigenvalue weighted by Crippen LogP contribution is -2.11. The van der Waals surface area contributed by atoms with Crippen LogP contribution in [0.3, 0.4) is 0 Å². The van der Waals surface area contributed by atoms with E-state index in [1.165, 1.54) is 109 Å². The van der Waals surface area contributed by atoms with Crippen molar-refractivity contribution < 1.29 is 14.3 Å². The Balaban J connectivity index is 1.26. The lowest BCUT2D eigenvalue weighted by molar-refractivity contribution is 0.0922. The number of rotatable bonds is 27. The number of unbranched alkanes of at least 4 members (excludes halogenated alkanes) is 17. The van der Waals surface area contributed by atoms with Gasteiger partial charge in [0.15, 0.2) is 5.78 Å². The van der Waals surface area contributed by atoms with Gasteiger partial charge in [0.2, 0.25) is 0 Å². The van der Waals surface area contributed by atoms with Crippen molar-refractivity contribution in [2.75, 3.05) is 6.61 Å². The summed E-state index contributed by atoms with van der Waals surface area (Å²) in [5.74, 6) is 2.12. The van der Waals surface area contributed by atoms with Crippen LogP contribution in [0.15, 0.2) is 60.7 Å². The minimum Gasteiger partial charge on any atom is -0.494 e. The lowest BCUT2D eigenvalue weighted by atomic mass is 9.93. The number of hydrogen-bond donors (Lipinski definition) is 0. The smallest absolute Gasteiger partial charge is 0.165 e. The van der Waals surface area contributed by atoms with Crippen molar-refractivity contribution in [3.8, 4) is 11.5 Å². The van der Waals surface area contributed by atoms with Gasteiger partial charge in [0.05, 0.1) is 6.61 Å². The van der Waals surface area contributed by atoms with Gasteiger partial charge in [0, 0.05) is 11.5 Å².